The number of hydrogen-bond acceptors (Lipinski definition) is 6. The molecule has 2 N–H and O–H groups in total. The van der Waals surface area contributed by atoms with Gasteiger partial charge in [-0.1, -0.05) is 12.1 Å². The van der Waals surface area contributed by atoms with Crippen molar-refractivity contribution in [2.45, 2.75) is 6.54 Å². The van der Waals surface area contributed by atoms with E-state index in [4.69, 9.17) is 4.74 Å². The molecule has 7 nitrogen and oxygen atoms in total. The molecule has 7 heteroatoms. The fourth-order valence-corrected chi connectivity index (χ4v) is 2.20. The Morgan fingerprint density at radius 1 is 1.18 bits per heavy atom. The average molecular weight is 298 g/mol. The number of ether oxygens (including phenoxy) is 1. The van der Waals surface area contributed by atoms with Gasteiger partial charge in [0.1, 0.15) is 11.6 Å². The van der Waals surface area contributed by atoms with Crippen LogP contribution in [0.15, 0.2) is 30.5 Å². The number of methoxy groups -OCH3 is 1. The normalized spacial score (nSPS) is 10.7. The van der Waals surface area contributed by atoms with Gasteiger partial charge >= 0.3 is 0 Å². The van der Waals surface area contributed by atoms with E-state index in [1.165, 1.54) is 0 Å². The van der Waals surface area contributed by atoms with Crippen molar-refractivity contribution in [3.63, 3.8) is 0 Å². The standard InChI is InChI=1S/C15H18N6O/c1-16-15-19-13(12-9-18-21(2)14(12)20-15)17-8-10-4-6-11(22-3)7-5-10/h4-7,9H,8H2,1-3H3,(H2,16,17,19,20). The molecule has 3 aromatic rings. The van der Waals surface area contributed by atoms with Crippen molar-refractivity contribution in [1.82, 2.24) is 19.7 Å². The zero-order valence-electron chi connectivity index (χ0n) is 12.8. The zero-order chi connectivity index (χ0) is 15.5. The molecule has 0 spiro atoms. The molecule has 114 valence electrons. The molecule has 0 saturated carbocycles. The SMILES string of the molecule is CNc1nc(NCc2ccc(OC)cc2)c2cnn(C)c2n1. The van der Waals surface area contributed by atoms with Gasteiger partial charge in [0.2, 0.25) is 5.95 Å². The predicted octanol–water partition coefficient (Wildman–Crippen LogP) is 2.03. The molecule has 1 aromatic carbocycles. The summed E-state index contributed by atoms with van der Waals surface area (Å²) in [5.41, 5.74) is 1.93. The lowest BCUT2D eigenvalue weighted by Gasteiger charge is -2.09. The fourth-order valence-electron chi connectivity index (χ4n) is 2.20. The van der Waals surface area contributed by atoms with Crippen molar-refractivity contribution in [3.8, 4) is 5.75 Å². The van der Waals surface area contributed by atoms with E-state index < -0.39 is 0 Å². The molecule has 2 heterocycles. The molecular formula is C15H18N6O. The molecule has 0 bridgehead atoms. The molecule has 0 saturated heterocycles. The largest absolute Gasteiger partial charge is 0.497 e. The maximum Gasteiger partial charge on any atom is 0.226 e. The van der Waals surface area contributed by atoms with Gasteiger partial charge in [-0.3, -0.25) is 4.68 Å². The van der Waals surface area contributed by atoms with Crippen molar-refractivity contribution in [1.29, 1.82) is 0 Å². The molecule has 0 atom stereocenters. The van der Waals surface area contributed by atoms with Crippen LogP contribution < -0.4 is 15.4 Å². The molecule has 0 unspecified atom stereocenters. The molecule has 0 fully saturated rings. The van der Waals surface area contributed by atoms with E-state index in [-0.39, 0.29) is 0 Å². The van der Waals surface area contributed by atoms with Gasteiger partial charge in [-0.2, -0.15) is 15.1 Å². The average Bonchev–Trinajstić information content (AvgIpc) is 2.94. The number of benzene rings is 1. The summed E-state index contributed by atoms with van der Waals surface area (Å²) in [6, 6.07) is 7.92. The van der Waals surface area contributed by atoms with E-state index in [1.54, 1.807) is 25.0 Å². The van der Waals surface area contributed by atoms with Gasteiger partial charge in [-0.05, 0) is 17.7 Å². The second-order valence-electron chi connectivity index (χ2n) is 4.85. The number of nitrogens with zero attached hydrogens (tertiary/aromatic N) is 4. The maximum atomic E-state index is 5.16. The van der Waals surface area contributed by atoms with Gasteiger partial charge in [0.15, 0.2) is 5.65 Å². The second-order valence-corrected chi connectivity index (χ2v) is 4.85. The summed E-state index contributed by atoms with van der Waals surface area (Å²) < 4.78 is 6.89. The highest BCUT2D eigenvalue weighted by Gasteiger charge is 2.10. The third kappa shape index (κ3) is 2.65. The topological polar surface area (TPSA) is 76.9 Å². The van der Waals surface area contributed by atoms with Gasteiger partial charge in [-0.25, -0.2) is 0 Å². The summed E-state index contributed by atoms with van der Waals surface area (Å²) in [6.07, 6.45) is 1.77. The molecule has 0 amide bonds. The van der Waals surface area contributed by atoms with E-state index in [0.29, 0.717) is 12.5 Å². The first-order valence-electron chi connectivity index (χ1n) is 6.95. The second kappa shape index (κ2) is 5.88. The predicted molar refractivity (Wildman–Crippen MR) is 86.2 cm³/mol. The van der Waals surface area contributed by atoms with Crippen molar-refractivity contribution in [2.24, 2.45) is 7.05 Å². The summed E-state index contributed by atoms with van der Waals surface area (Å²) in [6.45, 7) is 0.661. The van der Waals surface area contributed by atoms with Crippen LogP contribution in [0.25, 0.3) is 11.0 Å². The third-order valence-corrected chi connectivity index (χ3v) is 3.43. The van der Waals surface area contributed by atoms with E-state index in [0.717, 1.165) is 28.2 Å². The lowest BCUT2D eigenvalue weighted by Crippen LogP contribution is -2.06. The van der Waals surface area contributed by atoms with Crippen LogP contribution in [-0.4, -0.2) is 33.9 Å². The molecule has 22 heavy (non-hydrogen) atoms. The van der Waals surface area contributed by atoms with Crippen LogP contribution in [0, 0.1) is 0 Å². The highest BCUT2D eigenvalue weighted by atomic mass is 16.5. The van der Waals surface area contributed by atoms with Crippen LogP contribution in [0.1, 0.15) is 5.56 Å². The van der Waals surface area contributed by atoms with Crippen LogP contribution in [0.5, 0.6) is 5.75 Å². The highest BCUT2D eigenvalue weighted by molar-refractivity contribution is 5.87. The summed E-state index contributed by atoms with van der Waals surface area (Å²) in [4.78, 5) is 8.88. The fraction of sp³-hybridized carbons (Fsp3) is 0.267. The maximum absolute atomic E-state index is 5.16. The summed E-state index contributed by atoms with van der Waals surface area (Å²) >= 11 is 0. The Hall–Kier alpha value is -2.83. The molecule has 0 radical (unpaired) electrons. The quantitative estimate of drug-likeness (QED) is 0.750. The number of hydrogen-bond donors (Lipinski definition) is 2. The zero-order valence-corrected chi connectivity index (χ0v) is 12.8. The highest BCUT2D eigenvalue weighted by Crippen LogP contribution is 2.22. The minimum absolute atomic E-state index is 0.563. The number of fused-ring (bicyclic) bond motifs is 1. The number of nitrogens with one attached hydrogen (secondary N) is 2. The van der Waals surface area contributed by atoms with Crippen LogP contribution in [0.3, 0.4) is 0 Å². The van der Waals surface area contributed by atoms with E-state index in [2.05, 4.69) is 25.7 Å². The van der Waals surface area contributed by atoms with Gasteiger partial charge in [0.05, 0.1) is 18.7 Å². The van der Waals surface area contributed by atoms with Crippen LogP contribution >= 0.6 is 0 Å². The van der Waals surface area contributed by atoms with E-state index in [1.807, 2.05) is 31.3 Å². The smallest absolute Gasteiger partial charge is 0.226 e. The molecule has 2 aromatic heterocycles. The van der Waals surface area contributed by atoms with Gasteiger partial charge in [0, 0.05) is 20.6 Å². The number of rotatable bonds is 5. The van der Waals surface area contributed by atoms with E-state index >= 15 is 0 Å². The monoisotopic (exact) mass is 298 g/mol. The van der Waals surface area contributed by atoms with Crippen LogP contribution in [0.4, 0.5) is 11.8 Å². The van der Waals surface area contributed by atoms with E-state index in [9.17, 15) is 0 Å². The Kier molecular flexibility index (Phi) is 3.78. The Morgan fingerprint density at radius 2 is 1.95 bits per heavy atom. The summed E-state index contributed by atoms with van der Waals surface area (Å²) in [5, 5.41) is 11.5. The minimum Gasteiger partial charge on any atom is -0.497 e. The Morgan fingerprint density at radius 3 is 2.64 bits per heavy atom. The molecule has 0 aliphatic rings. The van der Waals surface area contributed by atoms with Crippen molar-refractivity contribution in [3.05, 3.63) is 36.0 Å². The first-order valence-corrected chi connectivity index (χ1v) is 6.95. The van der Waals surface area contributed by atoms with Gasteiger partial charge in [-0.15, -0.1) is 0 Å². The van der Waals surface area contributed by atoms with Crippen molar-refractivity contribution in [2.75, 3.05) is 24.8 Å². The number of aromatic nitrogens is 4. The molecule has 3 rings (SSSR count). The van der Waals surface area contributed by atoms with Crippen LogP contribution in [0.2, 0.25) is 0 Å². The number of aryl methyl sites for hydroxylation is 1. The lowest BCUT2D eigenvalue weighted by atomic mass is 10.2. The third-order valence-electron chi connectivity index (χ3n) is 3.43. The Labute approximate surface area is 128 Å². The first-order chi connectivity index (χ1) is 10.7. The lowest BCUT2D eigenvalue weighted by molar-refractivity contribution is 0.414. The summed E-state index contributed by atoms with van der Waals surface area (Å²) in [5.74, 6) is 2.17. The van der Waals surface area contributed by atoms with Crippen molar-refractivity contribution >= 4 is 22.8 Å². The minimum atomic E-state index is 0.563. The van der Waals surface area contributed by atoms with Gasteiger partial charge < -0.3 is 15.4 Å². The molecule has 0 aliphatic carbocycles. The van der Waals surface area contributed by atoms with Crippen molar-refractivity contribution < 1.29 is 4.74 Å². The summed E-state index contributed by atoms with van der Waals surface area (Å²) in [7, 11) is 5.32. The first kappa shape index (κ1) is 14.1. The number of anilines is 2. The molecular weight excluding hydrogens is 280 g/mol. The molecule has 0 aliphatic heterocycles. The van der Waals surface area contributed by atoms with Gasteiger partial charge in [0.25, 0.3) is 0 Å². The Bertz CT molecular complexity index is 781. The Balaban J connectivity index is 1.86. The van der Waals surface area contributed by atoms with Crippen LogP contribution in [-0.2, 0) is 13.6 Å².